The summed E-state index contributed by atoms with van der Waals surface area (Å²) >= 11 is 0. The van der Waals surface area contributed by atoms with Gasteiger partial charge in [-0.1, -0.05) is 13.8 Å². The average Bonchev–Trinajstić information content (AvgIpc) is 2.57. The number of methoxy groups -OCH3 is 2. The van der Waals surface area contributed by atoms with Crippen LogP contribution in [0, 0.1) is 5.41 Å². The maximum Gasteiger partial charge on any atom is 0.200 e. The van der Waals surface area contributed by atoms with Crippen molar-refractivity contribution in [3.8, 4) is 17.2 Å². The number of aliphatic hydroxyl groups excluding tert-OH is 1. The van der Waals surface area contributed by atoms with Gasteiger partial charge in [-0.15, -0.1) is 0 Å². The minimum atomic E-state index is -0.343. The summed E-state index contributed by atoms with van der Waals surface area (Å²) in [6, 6.07) is 3.67. The van der Waals surface area contributed by atoms with Gasteiger partial charge in [0.05, 0.1) is 14.2 Å². The number of aromatic hydroxyl groups is 1. The fourth-order valence-electron chi connectivity index (χ4n) is 3.25. The lowest BCUT2D eigenvalue weighted by Crippen LogP contribution is -2.49. The van der Waals surface area contributed by atoms with E-state index in [0.29, 0.717) is 11.5 Å². The molecule has 0 saturated carbocycles. The van der Waals surface area contributed by atoms with Crippen LogP contribution in [0.25, 0.3) is 0 Å². The molecular formula is C17H28N2O4. The quantitative estimate of drug-likeness (QED) is 0.734. The molecule has 0 aromatic heterocycles. The minimum Gasteiger partial charge on any atom is -0.502 e. The molecule has 3 N–H and O–H groups in total. The van der Waals surface area contributed by atoms with Gasteiger partial charge >= 0.3 is 0 Å². The molecule has 0 spiro atoms. The Kier molecular flexibility index (Phi) is 5.73. The van der Waals surface area contributed by atoms with Crippen molar-refractivity contribution in [2.24, 2.45) is 5.41 Å². The van der Waals surface area contributed by atoms with Crippen LogP contribution in [0.2, 0.25) is 0 Å². The van der Waals surface area contributed by atoms with Gasteiger partial charge < -0.3 is 25.0 Å². The second-order valence-corrected chi connectivity index (χ2v) is 6.61. The van der Waals surface area contributed by atoms with Crippen LogP contribution in [0.15, 0.2) is 12.1 Å². The van der Waals surface area contributed by atoms with Crippen molar-refractivity contribution in [1.29, 1.82) is 0 Å². The molecule has 1 aliphatic heterocycles. The molecule has 1 aromatic carbocycles. The minimum absolute atomic E-state index is 0.000356. The predicted octanol–water partition coefficient (Wildman–Crippen LogP) is 1.37. The Balaban J connectivity index is 2.50. The summed E-state index contributed by atoms with van der Waals surface area (Å²) in [5, 5.41) is 23.4. The number of rotatable bonds is 6. The van der Waals surface area contributed by atoms with E-state index >= 15 is 0 Å². The molecule has 2 rings (SSSR count). The van der Waals surface area contributed by atoms with Crippen LogP contribution < -0.4 is 14.8 Å². The highest BCUT2D eigenvalue weighted by Crippen LogP contribution is 2.44. The van der Waals surface area contributed by atoms with Crippen LogP contribution >= 0.6 is 0 Å². The zero-order valence-electron chi connectivity index (χ0n) is 14.4. The second-order valence-electron chi connectivity index (χ2n) is 6.61. The highest BCUT2D eigenvalue weighted by Gasteiger charge is 2.36. The Labute approximate surface area is 138 Å². The van der Waals surface area contributed by atoms with E-state index in [0.717, 1.165) is 31.7 Å². The van der Waals surface area contributed by atoms with Crippen molar-refractivity contribution >= 4 is 0 Å². The van der Waals surface area contributed by atoms with Crippen molar-refractivity contribution in [2.45, 2.75) is 19.9 Å². The van der Waals surface area contributed by atoms with Crippen molar-refractivity contribution in [2.75, 3.05) is 47.0 Å². The van der Waals surface area contributed by atoms with Gasteiger partial charge in [-0.2, -0.15) is 0 Å². The van der Waals surface area contributed by atoms with Gasteiger partial charge in [-0.3, -0.25) is 4.90 Å². The third kappa shape index (κ3) is 3.71. The zero-order valence-corrected chi connectivity index (χ0v) is 14.4. The van der Waals surface area contributed by atoms with E-state index in [4.69, 9.17) is 9.47 Å². The van der Waals surface area contributed by atoms with Crippen LogP contribution in [0.3, 0.4) is 0 Å². The lowest BCUT2D eigenvalue weighted by Gasteiger charge is -2.43. The molecule has 1 atom stereocenters. The van der Waals surface area contributed by atoms with Crippen molar-refractivity contribution in [1.82, 2.24) is 10.2 Å². The lowest BCUT2D eigenvalue weighted by molar-refractivity contribution is 0.0303. The van der Waals surface area contributed by atoms with E-state index in [1.165, 1.54) is 14.2 Å². The highest BCUT2D eigenvalue weighted by molar-refractivity contribution is 5.53. The number of benzene rings is 1. The van der Waals surface area contributed by atoms with Gasteiger partial charge in [0.1, 0.15) is 0 Å². The van der Waals surface area contributed by atoms with Gasteiger partial charge in [0.25, 0.3) is 0 Å². The maximum absolute atomic E-state index is 10.1. The first-order valence-corrected chi connectivity index (χ1v) is 7.95. The molecule has 6 nitrogen and oxygen atoms in total. The molecule has 0 aliphatic carbocycles. The molecular weight excluding hydrogens is 296 g/mol. The molecule has 130 valence electrons. The summed E-state index contributed by atoms with van der Waals surface area (Å²) in [6.45, 7) is 7.80. The topological polar surface area (TPSA) is 74.2 Å². The van der Waals surface area contributed by atoms with Crippen LogP contribution in [0.1, 0.15) is 25.5 Å². The van der Waals surface area contributed by atoms with E-state index < -0.39 is 0 Å². The molecule has 1 heterocycles. The number of phenols is 1. The largest absolute Gasteiger partial charge is 0.502 e. The average molecular weight is 324 g/mol. The van der Waals surface area contributed by atoms with E-state index in [-0.39, 0.29) is 23.8 Å². The van der Waals surface area contributed by atoms with E-state index in [2.05, 4.69) is 10.2 Å². The van der Waals surface area contributed by atoms with Gasteiger partial charge in [0, 0.05) is 44.2 Å². The third-order valence-electron chi connectivity index (χ3n) is 4.48. The number of hydrogen-bond donors (Lipinski definition) is 3. The maximum atomic E-state index is 10.1. The Morgan fingerprint density at radius 1 is 1.17 bits per heavy atom. The molecule has 0 amide bonds. The van der Waals surface area contributed by atoms with Crippen LogP contribution in [0.5, 0.6) is 17.2 Å². The first-order valence-electron chi connectivity index (χ1n) is 7.95. The van der Waals surface area contributed by atoms with Crippen LogP contribution in [-0.2, 0) is 0 Å². The summed E-state index contributed by atoms with van der Waals surface area (Å²) in [5.41, 5.74) is 0.627. The number of piperazine rings is 1. The van der Waals surface area contributed by atoms with Gasteiger partial charge in [0.15, 0.2) is 11.5 Å². The smallest absolute Gasteiger partial charge is 0.200 e. The summed E-state index contributed by atoms with van der Waals surface area (Å²) in [7, 11) is 3.05. The van der Waals surface area contributed by atoms with Crippen molar-refractivity contribution in [3.63, 3.8) is 0 Å². The number of aliphatic hydroxyl groups is 1. The molecule has 1 saturated heterocycles. The highest BCUT2D eigenvalue weighted by atomic mass is 16.5. The molecule has 23 heavy (non-hydrogen) atoms. The van der Waals surface area contributed by atoms with Crippen molar-refractivity contribution < 1.29 is 19.7 Å². The molecule has 1 aliphatic rings. The number of hydrogen-bond acceptors (Lipinski definition) is 6. The van der Waals surface area contributed by atoms with Gasteiger partial charge in [0.2, 0.25) is 5.75 Å². The predicted molar refractivity (Wildman–Crippen MR) is 89.3 cm³/mol. The number of nitrogens with zero attached hydrogens (tertiary/aromatic N) is 1. The number of nitrogens with one attached hydrogen (secondary N) is 1. The summed E-state index contributed by atoms with van der Waals surface area (Å²) < 4.78 is 10.6. The van der Waals surface area contributed by atoms with E-state index in [9.17, 15) is 10.2 Å². The lowest BCUT2D eigenvalue weighted by atomic mass is 9.79. The summed E-state index contributed by atoms with van der Waals surface area (Å²) in [5.74, 6) is 0.765. The monoisotopic (exact) mass is 324 g/mol. The Morgan fingerprint density at radius 3 is 2.13 bits per heavy atom. The van der Waals surface area contributed by atoms with Gasteiger partial charge in [-0.05, 0) is 17.7 Å². The summed E-state index contributed by atoms with van der Waals surface area (Å²) in [4.78, 5) is 2.36. The molecule has 0 bridgehead atoms. The number of phenolic OH excluding ortho intramolecular Hbond substituents is 1. The van der Waals surface area contributed by atoms with Crippen LogP contribution in [0.4, 0.5) is 0 Å². The summed E-state index contributed by atoms with van der Waals surface area (Å²) in [6.07, 6.45) is 0. The first kappa shape index (κ1) is 17.8. The Bertz CT molecular complexity index is 502. The Morgan fingerprint density at radius 2 is 1.70 bits per heavy atom. The van der Waals surface area contributed by atoms with E-state index in [1.54, 1.807) is 0 Å². The SMILES string of the molecule is COc1cc([C@@H](N2CCNCC2)C(C)(C)CO)cc(OC)c1O. The second kappa shape index (κ2) is 7.38. The molecule has 6 heteroatoms. The Hall–Kier alpha value is -1.50. The third-order valence-corrected chi connectivity index (χ3v) is 4.48. The molecule has 0 radical (unpaired) electrons. The molecule has 1 fully saturated rings. The standard InChI is InChI=1S/C17H28N2O4/c1-17(2,11-20)16(19-7-5-18-6-8-19)12-9-13(22-3)15(21)14(10-12)23-4/h9-10,16,18,20-21H,5-8,11H2,1-4H3/t16-/m1/s1. The fourth-order valence-corrected chi connectivity index (χ4v) is 3.25. The first-order chi connectivity index (χ1) is 10.9. The molecule has 0 unspecified atom stereocenters. The van der Waals surface area contributed by atoms with Crippen molar-refractivity contribution in [3.05, 3.63) is 17.7 Å². The zero-order chi connectivity index (χ0) is 17.0. The fraction of sp³-hybridized carbons (Fsp3) is 0.647. The number of ether oxygens (including phenoxy) is 2. The van der Waals surface area contributed by atoms with Crippen LogP contribution in [-0.4, -0.2) is 62.1 Å². The molecule has 1 aromatic rings. The van der Waals surface area contributed by atoms with E-state index in [1.807, 2.05) is 26.0 Å². The normalized spacial score (nSPS) is 17.8. The van der Waals surface area contributed by atoms with Gasteiger partial charge in [-0.25, -0.2) is 0 Å².